The minimum absolute atomic E-state index is 0.788. The number of nitrogens with zero attached hydrogens (tertiary/aromatic N) is 4. The zero-order valence-corrected chi connectivity index (χ0v) is 12.2. The Morgan fingerprint density at radius 1 is 0.739 bits per heavy atom. The number of para-hydroxylation sites is 2. The smallest absolute Gasteiger partial charge is 0.113 e. The van der Waals surface area contributed by atoms with Crippen LogP contribution in [-0.4, -0.2) is 19.6 Å². The highest BCUT2D eigenvalue weighted by atomic mass is 15.2. The minimum Gasteiger partial charge on any atom is -0.252 e. The number of aromatic nitrogens is 4. The van der Waals surface area contributed by atoms with Gasteiger partial charge < -0.3 is 0 Å². The van der Waals surface area contributed by atoms with Crippen molar-refractivity contribution in [1.29, 1.82) is 0 Å². The molecule has 0 atom stereocenters. The van der Waals surface area contributed by atoms with Crippen LogP contribution < -0.4 is 0 Å². The van der Waals surface area contributed by atoms with Crippen molar-refractivity contribution in [1.82, 2.24) is 19.6 Å². The molecule has 3 aromatic heterocycles. The maximum atomic E-state index is 4.67. The number of hydrogen-bond donors (Lipinski definition) is 0. The van der Waals surface area contributed by atoms with Gasteiger partial charge in [-0.15, -0.1) is 0 Å². The minimum atomic E-state index is 0.788. The molecular weight excluding hydrogens is 284 g/mol. The molecule has 2 aromatic carbocycles. The van der Waals surface area contributed by atoms with Gasteiger partial charge in [-0.05, 0) is 29.7 Å². The lowest BCUT2D eigenvalue weighted by molar-refractivity contribution is 0.970. The molecule has 4 nitrogen and oxygen atoms in total. The van der Waals surface area contributed by atoms with Crippen LogP contribution in [0.4, 0.5) is 0 Å². The van der Waals surface area contributed by atoms with Gasteiger partial charge >= 0.3 is 0 Å². The standard InChI is InChI=1S/C19H12N4/c1-2-6-14-12-23-15(9-13(14)5-1)10-18(22-23)19-11-20-16-7-3-4-8-17(16)21-19/h1-12H. The van der Waals surface area contributed by atoms with Crippen LogP contribution in [-0.2, 0) is 0 Å². The molecule has 23 heavy (non-hydrogen) atoms. The highest BCUT2D eigenvalue weighted by Gasteiger charge is 2.08. The Kier molecular flexibility index (Phi) is 2.46. The lowest BCUT2D eigenvalue weighted by atomic mass is 10.1. The predicted molar refractivity (Wildman–Crippen MR) is 91.2 cm³/mol. The van der Waals surface area contributed by atoms with Crippen molar-refractivity contribution >= 4 is 27.3 Å². The molecule has 4 heteroatoms. The van der Waals surface area contributed by atoms with Gasteiger partial charge in [0.05, 0.1) is 22.7 Å². The lowest BCUT2D eigenvalue weighted by Crippen LogP contribution is -1.90. The summed E-state index contributed by atoms with van der Waals surface area (Å²) in [6.45, 7) is 0. The van der Waals surface area contributed by atoms with Crippen molar-refractivity contribution in [2.45, 2.75) is 0 Å². The second-order valence-corrected chi connectivity index (χ2v) is 5.55. The van der Waals surface area contributed by atoms with Crippen LogP contribution in [0.2, 0.25) is 0 Å². The van der Waals surface area contributed by atoms with Crippen molar-refractivity contribution in [2.75, 3.05) is 0 Å². The number of fused-ring (bicyclic) bond motifs is 3. The summed E-state index contributed by atoms with van der Waals surface area (Å²) >= 11 is 0. The molecule has 0 saturated carbocycles. The molecule has 5 aromatic rings. The fourth-order valence-electron chi connectivity index (χ4n) is 2.88. The second-order valence-electron chi connectivity index (χ2n) is 5.55. The van der Waals surface area contributed by atoms with Crippen LogP contribution in [0, 0.1) is 0 Å². The SMILES string of the molecule is c1ccc2cn3nc(-c4cnc5ccccc5n4)cc3cc2c1. The molecule has 0 aliphatic rings. The molecule has 0 unspecified atom stereocenters. The van der Waals surface area contributed by atoms with Crippen molar-refractivity contribution < 1.29 is 0 Å². The van der Waals surface area contributed by atoms with Gasteiger partial charge in [0.15, 0.2) is 0 Å². The molecule has 5 rings (SSSR count). The Hall–Kier alpha value is -3.27. The average molecular weight is 296 g/mol. The van der Waals surface area contributed by atoms with E-state index in [9.17, 15) is 0 Å². The molecule has 0 aliphatic heterocycles. The van der Waals surface area contributed by atoms with Crippen molar-refractivity contribution in [2.24, 2.45) is 0 Å². The van der Waals surface area contributed by atoms with Crippen molar-refractivity contribution in [3.63, 3.8) is 0 Å². The summed E-state index contributed by atoms with van der Waals surface area (Å²) in [6, 6.07) is 20.3. The summed E-state index contributed by atoms with van der Waals surface area (Å²) in [4.78, 5) is 9.14. The number of rotatable bonds is 1. The lowest BCUT2D eigenvalue weighted by Gasteiger charge is -1.99. The van der Waals surface area contributed by atoms with E-state index in [1.165, 1.54) is 10.8 Å². The topological polar surface area (TPSA) is 43.1 Å². The third kappa shape index (κ3) is 1.96. The Morgan fingerprint density at radius 3 is 2.43 bits per heavy atom. The van der Waals surface area contributed by atoms with Gasteiger partial charge in [-0.1, -0.05) is 36.4 Å². The Labute approximate surface area is 132 Å². The first-order valence-corrected chi connectivity index (χ1v) is 7.47. The Balaban J connectivity index is 1.73. The van der Waals surface area contributed by atoms with Crippen LogP contribution in [0.25, 0.3) is 38.7 Å². The number of pyridine rings is 1. The van der Waals surface area contributed by atoms with Crippen LogP contribution in [0.1, 0.15) is 0 Å². The van der Waals surface area contributed by atoms with E-state index < -0.39 is 0 Å². The molecule has 0 aliphatic carbocycles. The normalized spacial score (nSPS) is 11.5. The molecule has 0 spiro atoms. The average Bonchev–Trinajstić information content (AvgIpc) is 3.02. The summed E-state index contributed by atoms with van der Waals surface area (Å²) < 4.78 is 1.90. The van der Waals surface area contributed by atoms with Crippen LogP contribution >= 0.6 is 0 Å². The zero-order valence-electron chi connectivity index (χ0n) is 12.2. The third-order valence-electron chi connectivity index (χ3n) is 4.04. The van der Waals surface area contributed by atoms with E-state index in [0.717, 1.165) is 27.9 Å². The molecule has 0 saturated heterocycles. The molecule has 0 N–H and O–H groups in total. The highest BCUT2D eigenvalue weighted by molar-refractivity contribution is 5.86. The molecule has 0 fully saturated rings. The fraction of sp³-hybridized carbons (Fsp3) is 0. The van der Waals surface area contributed by atoms with E-state index in [-0.39, 0.29) is 0 Å². The van der Waals surface area contributed by atoms with E-state index in [0.29, 0.717) is 0 Å². The maximum absolute atomic E-state index is 4.67. The van der Waals surface area contributed by atoms with E-state index in [2.05, 4.69) is 33.3 Å². The predicted octanol–water partition coefficient (Wildman–Crippen LogP) is 4.10. The van der Waals surface area contributed by atoms with Gasteiger partial charge in [0.25, 0.3) is 0 Å². The molecular formula is C19H12N4. The van der Waals surface area contributed by atoms with Gasteiger partial charge in [0, 0.05) is 11.6 Å². The quantitative estimate of drug-likeness (QED) is 0.468. The Bertz CT molecular complexity index is 1120. The third-order valence-corrected chi connectivity index (χ3v) is 4.04. The first-order chi connectivity index (χ1) is 11.4. The molecule has 108 valence electrons. The molecule has 3 heterocycles. The van der Waals surface area contributed by atoms with Crippen molar-refractivity contribution in [3.8, 4) is 11.4 Å². The van der Waals surface area contributed by atoms with Gasteiger partial charge in [-0.3, -0.25) is 4.98 Å². The Morgan fingerprint density at radius 2 is 1.52 bits per heavy atom. The van der Waals surface area contributed by atoms with Crippen LogP contribution in [0.15, 0.2) is 73.1 Å². The largest absolute Gasteiger partial charge is 0.252 e. The first-order valence-electron chi connectivity index (χ1n) is 7.47. The zero-order chi connectivity index (χ0) is 15.2. The van der Waals surface area contributed by atoms with Gasteiger partial charge in [0.2, 0.25) is 0 Å². The van der Waals surface area contributed by atoms with E-state index in [1.54, 1.807) is 6.20 Å². The summed E-state index contributed by atoms with van der Waals surface area (Å²) in [5.41, 5.74) is 4.45. The van der Waals surface area contributed by atoms with Crippen molar-refractivity contribution in [3.05, 3.63) is 73.1 Å². The van der Waals surface area contributed by atoms with E-state index in [4.69, 9.17) is 0 Å². The summed E-state index contributed by atoms with van der Waals surface area (Å²) in [6.07, 6.45) is 3.83. The highest BCUT2D eigenvalue weighted by Crippen LogP contribution is 2.22. The summed E-state index contributed by atoms with van der Waals surface area (Å²) in [5.74, 6) is 0. The maximum Gasteiger partial charge on any atom is 0.113 e. The second kappa shape index (κ2) is 4.61. The number of benzene rings is 2. The van der Waals surface area contributed by atoms with Crippen LogP contribution in [0.3, 0.4) is 0 Å². The molecule has 0 amide bonds. The summed E-state index contributed by atoms with van der Waals surface area (Å²) in [5, 5.41) is 7.02. The van der Waals surface area contributed by atoms with Gasteiger partial charge in [0.1, 0.15) is 11.4 Å². The van der Waals surface area contributed by atoms with Gasteiger partial charge in [-0.25, -0.2) is 9.50 Å². The first kappa shape index (κ1) is 12.3. The summed E-state index contributed by atoms with van der Waals surface area (Å²) in [7, 11) is 0. The van der Waals surface area contributed by atoms with Crippen LogP contribution in [0.5, 0.6) is 0 Å². The number of hydrogen-bond acceptors (Lipinski definition) is 3. The fourth-order valence-corrected chi connectivity index (χ4v) is 2.88. The molecule has 0 radical (unpaired) electrons. The van der Waals surface area contributed by atoms with Gasteiger partial charge in [-0.2, -0.15) is 5.10 Å². The van der Waals surface area contributed by atoms with E-state index in [1.807, 2.05) is 53.2 Å². The van der Waals surface area contributed by atoms with E-state index >= 15 is 0 Å². The molecule has 0 bridgehead atoms. The monoisotopic (exact) mass is 296 g/mol.